The van der Waals surface area contributed by atoms with E-state index in [1.807, 2.05) is 11.3 Å². The molecule has 2 rings (SSSR count). The average molecular weight is 262 g/mol. The minimum Gasteiger partial charge on any atom is -0.320 e. The molecule has 2 atom stereocenters. The van der Waals surface area contributed by atoms with Crippen molar-refractivity contribution >= 4 is 11.3 Å². The van der Waals surface area contributed by atoms with Gasteiger partial charge < -0.3 is 5.73 Å². The molecule has 0 amide bonds. The van der Waals surface area contributed by atoms with Gasteiger partial charge in [0.1, 0.15) is 0 Å². The molecule has 2 heterocycles. The summed E-state index contributed by atoms with van der Waals surface area (Å²) in [7, 11) is 0. The van der Waals surface area contributed by atoms with Crippen LogP contribution in [0.2, 0.25) is 0 Å². The van der Waals surface area contributed by atoms with E-state index in [2.05, 4.69) is 42.0 Å². The Labute approximate surface area is 114 Å². The number of hydrogen-bond acceptors (Lipinski definition) is 3. The van der Waals surface area contributed by atoms with Gasteiger partial charge in [-0.1, -0.05) is 25.7 Å². The maximum absolute atomic E-state index is 5.43. The van der Waals surface area contributed by atoms with Crippen LogP contribution in [0.3, 0.4) is 0 Å². The fourth-order valence-electron chi connectivity index (χ4n) is 2.42. The monoisotopic (exact) mass is 262 g/mol. The van der Waals surface area contributed by atoms with Crippen LogP contribution < -0.4 is 5.73 Å². The van der Waals surface area contributed by atoms with E-state index in [-0.39, 0.29) is 0 Å². The molecule has 0 aliphatic carbocycles. The first kappa shape index (κ1) is 13.6. The number of likely N-dealkylation sites (tertiary alicyclic amines) is 1. The summed E-state index contributed by atoms with van der Waals surface area (Å²) in [6.45, 7) is 8.64. The summed E-state index contributed by atoms with van der Waals surface area (Å²) in [5.74, 6) is 7.79. The number of piperidine rings is 1. The molecular formula is C15H22N2S. The lowest BCUT2D eigenvalue weighted by molar-refractivity contribution is 0.133. The molecule has 1 aromatic heterocycles. The maximum Gasteiger partial charge on any atom is 0.0555 e. The molecule has 18 heavy (non-hydrogen) atoms. The molecule has 0 radical (unpaired) electrons. The summed E-state index contributed by atoms with van der Waals surface area (Å²) in [4.78, 5) is 3.95. The summed E-state index contributed by atoms with van der Waals surface area (Å²) < 4.78 is 0. The number of nitrogens with zero attached hydrogens (tertiary/aromatic N) is 1. The Balaban J connectivity index is 1.99. The molecule has 1 aromatic rings. The maximum atomic E-state index is 5.43. The predicted molar refractivity (Wildman–Crippen MR) is 78.5 cm³/mol. The van der Waals surface area contributed by atoms with Gasteiger partial charge in [0.2, 0.25) is 0 Å². The Bertz CT molecular complexity index is 441. The summed E-state index contributed by atoms with van der Waals surface area (Å²) in [6, 6.07) is 2.11. The van der Waals surface area contributed by atoms with Crippen LogP contribution in [-0.4, -0.2) is 24.5 Å². The van der Waals surface area contributed by atoms with Crippen LogP contribution >= 0.6 is 11.3 Å². The molecular weight excluding hydrogens is 240 g/mol. The van der Waals surface area contributed by atoms with Gasteiger partial charge in [-0.2, -0.15) is 0 Å². The second-order valence-corrected chi connectivity index (χ2v) is 6.24. The Morgan fingerprint density at radius 3 is 3.00 bits per heavy atom. The third kappa shape index (κ3) is 3.35. The van der Waals surface area contributed by atoms with Crippen molar-refractivity contribution in [3.8, 4) is 11.8 Å². The van der Waals surface area contributed by atoms with Gasteiger partial charge in [-0.25, -0.2) is 0 Å². The van der Waals surface area contributed by atoms with Crippen LogP contribution in [0.4, 0.5) is 0 Å². The molecule has 1 saturated heterocycles. The largest absolute Gasteiger partial charge is 0.320 e. The van der Waals surface area contributed by atoms with Crippen molar-refractivity contribution in [3.05, 3.63) is 21.9 Å². The van der Waals surface area contributed by atoms with Crippen LogP contribution in [0, 0.1) is 23.7 Å². The fourth-order valence-corrected chi connectivity index (χ4v) is 3.29. The van der Waals surface area contributed by atoms with E-state index in [4.69, 9.17) is 5.73 Å². The Morgan fingerprint density at radius 1 is 1.44 bits per heavy atom. The molecule has 0 saturated carbocycles. The van der Waals surface area contributed by atoms with E-state index in [9.17, 15) is 0 Å². The second-order valence-electron chi connectivity index (χ2n) is 5.24. The first-order valence-corrected chi connectivity index (χ1v) is 7.56. The highest BCUT2D eigenvalue weighted by atomic mass is 32.1. The summed E-state index contributed by atoms with van der Waals surface area (Å²) in [6.07, 6.45) is 1.32. The molecule has 0 spiro atoms. The number of hydrogen-bond donors (Lipinski definition) is 1. The molecule has 98 valence electrons. The van der Waals surface area contributed by atoms with E-state index in [0.717, 1.165) is 23.9 Å². The van der Waals surface area contributed by atoms with E-state index in [0.29, 0.717) is 6.54 Å². The molecule has 2 N–H and O–H groups in total. The van der Waals surface area contributed by atoms with E-state index >= 15 is 0 Å². The average Bonchev–Trinajstić information content (AvgIpc) is 2.79. The molecule has 1 aliphatic heterocycles. The molecule has 0 bridgehead atoms. The van der Waals surface area contributed by atoms with Gasteiger partial charge >= 0.3 is 0 Å². The fraction of sp³-hybridized carbons (Fsp3) is 0.600. The van der Waals surface area contributed by atoms with Crippen molar-refractivity contribution in [2.75, 3.05) is 19.6 Å². The molecule has 2 nitrogen and oxygen atoms in total. The summed E-state index contributed by atoms with van der Waals surface area (Å²) in [5.41, 5.74) is 6.60. The second kappa shape index (κ2) is 6.38. The minimum atomic E-state index is 0.438. The molecule has 0 aromatic carbocycles. The van der Waals surface area contributed by atoms with Crippen molar-refractivity contribution in [3.63, 3.8) is 0 Å². The zero-order chi connectivity index (χ0) is 13.0. The standard InChI is InChI=1S/C15H22N2S/c1-12-5-8-17(10-13(12)2)11-15-14(4-3-7-16)6-9-18-15/h6,9,12-13H,5,7-8,10-11,16H2,1-2H3. The zero-order valence-corrected chi connectivity index (χ0v) is 12.1. The lowest BCUT2D eigenvalue weighted by atomic mass is 9.89. The van der Waals surface area contributed by atoms with Gasteiger partial charge in [0, 0.05) is 23.5 Å². The lowest BCUT2D eigenvalue weighted by Crippen LogP contribution is -2.37. The highest BCUT2D eigenvalue weighted by molar-refractivity contribution is 7.10. The van der Waals surface area contributed by atoms with E-state index in [1.165, 1.54) is 24.4 Å². The van der Waals surface area contributed by atoms with Crippen LogP contribution in [0.15, 0.2) is 11.4 Å². The summed E-state index contributed by atoms with van der Waals surface area (Å²) >= 11 is 1.81. The normalized spacial score (nSPS) is 24.6. The van der Waals surface area contributed by atoms with Gasteiger partial charge in [-0.15, -0.1) is 11.3 Å². The smallest absolute Gasteiger partial charge is 0.0555 e. The molecule has 2 unspecified atom stereocenters. The van der Waals surface area contributed by atoms with Crippen LogP contribution in [-0.2, 0) is 6.54 Å². The Hall–Kier alpha value is -0.820. The third-order valence-corrected chi connectivity index (χ3v) is 4.76. The van der Waals surface area contributed by atoms with Gasteiger partial charge in [0.05, 0.1) is 6.54 Å². The molecule has 1 fully saturated rings. The van der Waals surface area contributed by atoms with Gasteiger partial charge in [-0.3, -0.25) is 4.90 Å². The summed E-state index contributed by atoms with van der Waals surface area (Å²) in [5, 5.41) is 2.13. The highest BCUT2D eigenvalue weighted by Crippen LogP contribution is 2.25. The molecule has 3 heteroatoms. The van der Waals surface area contributed by atoms with E-state index < -0.39 is 0 Å². The van der Waals surface area contributed by atoms with Crippen LogP contribution in [0.1, 0.15) is 30.7 Å². The van der Waals surface area contributed by atoms with E-state index in [1.54, 1.807) is 0 Å². The van der Waals surface area contributed by atoms with Crippen molar-refractivity contribution in [2.45, 2.75) is 26.8 Å². The van der Waals surface area contributed by atoms with Crippen LogP contribution in [0.5, 0.6) is 0 Å². The van der Waals surface area contributed by atoms with Crippen molar-refractivity contribution in [1.82, 2.24) is 4.90 Å². The topological polar surface area (TPSA) is 29.3 Å². The van der Waals surface area contributed by atoms with Gasteiger partial charge in [-0.05, 0) is 36.2 Å². The quantitative estimate of drug-likeness (QED) is 0.830. The highest BCUT2D eigenvalue weighted by Gasteiger charge is 2.23. The SMILES string of the molecule is CC1CCN(Cc2sccc2C#CCN)CC1C. The van der Waals surface area contributed by atoms with Crippen molar-refractivity contribution < 1.29 is 0 Å². The number of nitrogens with two attached hydrogens (primary N) is 1. The Morgan fingerprint density at radius 2 is 2.28 bits per heavy atom. The molecule has 1 aliphatic rings. The number of thiophene rings is 1. The predicted octanol–water partition coefficient (Wildman–Crippen LogP) is 2.54. The van der Waals surface area contributed by atoms with Crippen LogP contribution in [0.25, 0.3) is 0 Å². The Kier molecular flexibility index (Phi) is 4.82. The van der Waals surface area contributed by atoms with Crippen molar-refractivity contribution in [1.29, 1.82) is 0 Å². The minimum absolute atomic E-state index is 0.438. The third-order valence-electron chi connectivity index (χ3n) is 3.86. The van der Waals surface area contributed by atoms with Crippen molar-refractivity contribution in [2.24, 2.45) is 17.6 Å². The lowest BCUT2D eigenvalue weighted by Gasteiger charge is -2.35. The first-order valence-electron chi connectivity index (χ1n) is 6.68. The first-order chi connectivity index (χ1) is 8.70. The zero-order valence-electron chi connectivity index (χ0n) is 11.3. The van der Waals surface area contributed by atoms with Gasteiger partial charge in [0.15, 0.2) is 0 Å². The van der Waals surface area contributed by atoms with Gasteiger partial charge in [0.25, 0.3) is 0 Å². The number of rotatable bonds is 2.